The maximum Gasteiger partial charge on any atom is 0.410 e. The predicted molar refractivity (Wildman–Crippen MR) is 102 cm³/mol. The lowest BCUT2D eigenvalue weighted by Crippen LogP contribution is -2.47. The number of nitrogens with zero attached hydrogens (tertiary/aromatic N) is 3. The molecule has 3 rings (SSSR count). The van der Waals surface area contributed by atoms with E-state index in [1.807, 2.05) is 32.6 Å². The monoisotopic (exact) mass is 400 g/mol. The zero-order valence-electron chi connectivity index (χ0n) is 17.1. The maximum absolute atomic E-state index is 13.8. The van der Waals surface area contributed by atoms with Crippen LogP contribution in [-0.2, 0) is 10.2 Å². The van der Waals surface area contributed by atoms with Crippen LogP contribution >= 0.6 is 0 Å². The number of anilines is 1. The largest absolute Gasteiger partial charge is 0.410 e. The van der Waals surface area contributed by atoms with Crippen LogP contribution in [0.4, 0.5) is 19.0 Å². The van der Waals surface area contributed by atoms with Gasteiger partial charge in [0.1, 0.15) is 5.82 Å². The molecule has 2 aliphatic heterocycles. The van der Waals surface area contributed by atoms with Gasteiger partial charge >= 0.3 is 6.18 Å². The van der Waals surface area contributed by atoms with Crippen LogP contribution in [0.1, 0.15) is 71.5 Å². The number of fused-ring (bicyclic) bond motifs is 1. The van der Waals surface area contributed by atoms with E-state index in [2.05, 4.69) is 10.4 Å². The second-order valence-corrected chi connectivity index (χ2v) is 9.12. The second-order valence-electron chi connectivity index (χ2n) is 9.12. The summed E-state index contributed by atoms with van der Waals surface area (Å²) in [6.07, 6.45) is -1.53. The fourth-order valence-corrected chi connectivity index (χ4v) is 4.20. The molecule has 2 atom stereocenters. The van der Waals surface area contributed by atoms with E-state index in [-0.39, 0.29) is 29.7 Å². The van der Waals surface area contributed by atoms with E-state index < -0.39 is 12.2 Å². The number of piperidine rings is 1. The first-order valence-corrected chi connectivity index (χ1v) is 10.2. The van der Waals surface area contributed by atoms with Gasteiger partial charge in [-0.2, -0.15) is 18.3 Å². The molecule has 1 fully saturated rings. The third-order valence-electron chi connectivity index (χ3n) is 5.91. The summed E-state index contributed by atoms with van der Waals surface area (Å²) in [4.78, 5) is 13.9. The summed E-state index contributed by atoms with van der Waals surface area (Å²) in [5, 5.41) is 7.61. The highest BCUT2D eigenvalue weighted by atomic mass is 19.4. The molecule has 2 aliphatic rings. The highest BCUT2D eigenvalue weighted by Gasteiger charge is 2.48. The molecular formula is C20H31F3N4O. The maximum atomic E-state index is 13.8. The number of aromatic nitrogens is 2. The van der Waals surface area contributed by atoms with Gasteiger partial charge in [0, 0.05) is 37.0 Å². The van der Waals surface area contributed by atoms with Gasteiger partial charge in [0.2, 0.25) is 5.91 Å². The minimum absolute atomic E-state index is 0.0185. The van der Waals surface area contributed by atoms with Crippen molar-refractivity contribution in [3.8, 4) is 0 Å². The number of carbonyl (C=O) groups is 1. The SMILES string of the molecule is CCCC(=O)N1CCC([C@@H]2C[C@H](C(F)(F)F)n3nc(C(C)(C)C)cc3N2)CC1. The molecule has 5 nitrogen and oxygen atoms in total. The summed E-state index contributed by atoms with van der Waals surface area (Å²) < 4.78 is 42.5. The summed E-state index contributed by atoms with van der Waals surface area (Å²) in [7, 11) is 0. The van der Waals surface area contributed by atoms with E-state index in [1.54, 1.807) is 6.07 Å². The molecule has 1 amide bonds. The molecule has 0 unspecified atom stereocenters. The Kier molecular flexibility index (Phi) is 5.69. The molecule has 0 aromatic carbocycles. The number of hydrogen-bond donors (Lipinski definition) is 1. The van der Waals surface area contributed by atoms with Crippen molar-refractivity contribution in [2.24, 2.45) is 5.92 Å². The minimum atomic E-state index is -4.34. The van der Waals surface area contributed by atoms with Gasteiger partial charge in [-0.05, 0) is 31.6 Å². The zero-order valence-corrected chi connectivity index (χ0v) is 17.1. The van der Waals surface area contributed by atoms with Crippen molar-refractivity contribution in [3.63, 3.8) is 0 Å². The number of alkyl halides is 3. The van der Waals surface area contributed by atoms with Crippen molar-refractivity contribution in [3.05, 3.63) is 11.8 Å². The average molecular weight is 400 g/mol. The Hall–Kier alpha value is -1.73. The fraction of sp³-hybridized carbons (Fsp3) is 0.800. The molecule has 1 aromatic rings. The molecule has 0 spiro atoms. The first-order chi connectivity index (χ1) is 13.0. The molecule has 158 valence electrons. The first kappa shape index (κ1) is 21.0. The molecule has 1 aromatic heterocycles. The highest BCUT2D eigenvalue weighted by molar-refractivity contribution is 5.76. The van der Waals surface area contributed by atoms with Crippen molar-refractivity contribution in [2.45, 2.75) is 83.5 Å². The third-order valence-corrected chi connectivity index (χ3v) is 5.91. The topological polar surface area (TPSA) is 50.2 Å². The molecule has 1 saturated heterocycles. The quantitative estimate of drug-likeness (QED) is 0.812. The lowest BCUT2D eigenvalue weighted by atomic mass is 9.84. The van der Waals surface area contributed by atoms with Gasteiger partial charge in [-0.15, -0.1) is 0 Å². The first-order valence-electron chi connectivity index (χ1n) is 10.2. The molecule has 0 radical (unpaired) electrons. The van der Waals surface area contributed by atoms with Gasteiger partial charge in [-0.1, -0.05) is 27.7 Å². The Morgan fingerprint density at radius 1 is 1.25 bits per heavy atom. The lowest BCUT2D eigenvalue weighted by molar-refractivity contribution is -0.174. The Labute approximate surface area is 164 Å². The van der Waals surface area contributed by atoms with Gasteiger partial charge in [0.25, 0.3) is 0 Å². The van der Waals surface area contributed by atoms with Crippen LogP contribution in [0, 0.1) is 5.92 Å². The van der Waals surface area contributed by atoms with Crippen molar-refractivity contribution in [1.82, 2.24) is 14.7 Å². The van der Waals surface area contributed by atoms with Crippen LogP contribution in [0.25, 0.3) is 0 Å². The van der Waals surface area contributed by atoms with Crippen molar-refractivity contribution < 1.29 is 18.0 Å². The zero-order chi connectivity index (χ0) is 20.7. The van der Waals surface area contributed by atoms with Crippen LogP contribution in [-0.4, -0.2) is 45.9 Å². The number of rotatable bonds is 3. The standard InChI is InChI=1S/C20H31F3N4O/c1-5-6-18(28)26-9-7-13(8-10-26)14-11-16(20(21,22)23)27-17(24-14)12-15(25-27)19(2,3)4/h12-14,16,24H,5-11H2,1-4H3/t14-,16+/m0/s1. The van der Waals surface area contributed by atoms with Crippen LogP contribution in [0.5, 0.6) is 0 Å². The Balaban J connectivity index is 1.76. The van der Waals surface area contributed by atoms with E-state index >= 15 is 0 Å². The second kappa shape index (κ2) is 7.59. The predicted octanol–water partition coefficient (Wildman–Crippen LogP) is 4.51. The van der Waals surface area contributed by atoms with Crippen LogP contribution in [0.3, 0.4) is 0 Å². The third kappa shape index (κ3) is 4.30. The number of hydrogen-bond acceptors (Lipinski definition) is 3. The molecule has 1 N–H and O–H groups in total. The molecule has 0 aliphatic carbocycles. The van der Waals surface area contributed by atoms with Crippen LogP contribution in [0.15, 0.2) is 6.07 Å². The normalized spacial score (nSPS) is 24.0. The smallest absolute Gasteiger partial charge is 0.367 e. The number of amides is 1. The van der Waals surface area contributed by atoms with Crippen LogP contribution < -0.4 is 5.32 Å². The fourth-order valence-electron chi connectivity index (χ4n) is 4.20. The minimum Gasteiger partial charge on any atom is -0.367 e. The summed E-state index contributed by atoms with van der Waals surface area (Å²) in [6, 6.07) is -0.109. The van der Waals surface area contributed by atoms with Gasteiger partial charge in [0.05, 0.1) is 5.69 Å². The lowest BCUT2D eigenvalue weighted by Gasteiger charge is -2.41. The molecular weight excluding hydrogens is 369 g/mol. The van der Waals surface area contributed by atoms with Gasteiger partial charge < -0.3 is 10.2 Å². The van der Waals surface area contributed by atoms with Crippen molar-refractivity contribution >= 4 is 11.7 Å². The van der Waals surface area contributed by atoms with Crippen LogP contribution in [0.2, 0.25) is 0 Å². The Morgan fingerprint density at radius 3 is 2.43 bits per heavy atom. The molecule has 0 saturated carbocycles. The molecule has 28 heavy (non-hydrogen) atoms. The highest BCUT2D eigenvalue weighted by Crippen LogP contribution is 2.43. The summed E-state index contributed by atoms with van der Waals surface area (Å²) in [6.45, 7) is 9.08. The van der Waals surface area contributed by atoms with E-state index in [1.165, 1.54) is 0 Å². The van der Waals surface area contributed by atoms with E-state index in [0.29, 0.717) is 31.0 Å². The van der Waals surface area contributed by atoms with E-state index in [9.17, 15) is 18.0 Å². The molecule has 8 heteroatoms. The summed E-state index contributed by atoms with van der Waals surface area (Å²) in [5.41, 5.74) is 0.340. The Bertz CT molecular complexity index is 699. The number of nitrogens with one attached hydrogen (secondary N) is 1. The van der Waals surface area contributed by atoms with Gasteiger partial charge in [0.15, 0.2) is 6.04 Å². The van der Waals surface area contributed by atoms with Crippen molar-refractivity contribution in [1.29, 1.82) is 0 Å². The average Bonchev–Trinajstić information content (AvgIpc) is 3.04. The Morgan fingerprint density at radius 2 is 1.89 bits per heavy atom. The number of halogens is 3. The van der Waals surface area contributed by atoms with Gasteiger partial charge in [-0.25, -0.2) is 4.68 Å². The molecule has 0 bridgehead atoms. The van der Waals surface area contributed by atoms with Crippen molar-refractivity contribution in [2.75, 3.05) is 18.4 Å². The molecule has 3 heterocycles. The number of likely N-dealkylation sites (tertiary alicyclic amines) is 1. The van der Waals surface area contributed by atoms with Gasteiger partial charge in [-0.3, -0.25) is 4.79 Å². The number of carbonyl (C=O) groups excluding carboxylic acids is 1. The van der Waals surface area contributed by atoms with E-state index in [4.69, 9.17) is 0 Å². The summed E-state index contributed by atoms with van der Waals surface area (Å²) >= 11 is 0. The van der Waals surface area contributed by atoms with E-state index in [0.717, 1.165) is 23.9 Å². The summed E-state index contributed by atoms with van der Waals surface area (Å²) in [5.74, 6) is 0.726.